The summed E-state index contributed by atoms with van der Waals surface area (Å²) >= 11 is 1.59. The van der Waals surface area contributed by atoms with Crippen molar-refractivity contribution >= 4 is 28.0 Å². The molecular weight excluding hydrogens is 404 g/mol. The van der Waals surface area contributed by atoms with Crippen molar-refractivity contribution in [3.05, 3.63) is 94.4 Å². The van der Waals surface area contributed by atoms with Gasteiger partial charge in [0.05, 0.1) is 18.7 Å². The Hall–Kier alpha value is -3.18. The zero-order chi connectivity index (χ0) is 21.0. The highest BCUT2D eigenvalue weighted by Crippen LogP contribution is 2.30. The summed E-state index contributed by atoms with van der Waals surface area (Å²) in [5.41, 5.74) is 2.00. The van der Waals surface area contributed by atoms with Crippen LogP contribution in [0.4, 0.5) is 0 Å². The number of fused-ring (bicyclic) bond motifs is 1. The molecule has 1 aromatic heterocycles. The van der Waals surface area contributed by atoms with Crippen LogP contribution in [0.15, 0.2) is 78.2 Å². The molecule has 0 unspecified atom stereocenters. The molecule has 0 N–H and O–H groups in total. The van der Waals surface area contributed by atoms with E-state index in [0.717, 1.165) is 45.6 Å². The summed E-state index contributed by atoms with van der Waals surface area (Å²) in [5, 5.41) is 5.24. The zero-order valence-electron chi connectivity index (χ0n) is 17.2. The van der Waals surface area contributed by atoms with Crippen molar-refractivity contribution in [1.29, 1.82) is 0 Å². The molecule has 0 spiro atoms. The molecule has 1 fully saturated rings. The smallest absolute Gasteiger partial charge is 0.227 e. The molecule has 156 valence electrons. The fraction of sp³-hybridized carbons (Fsp3) is 0.231. The number of ether oxygens (including phenoxy) is 1. The number of hydrogen-bond acceptors (Lipinski definition) is 4. The predicted octanol–water partition coefficient (Wildman–Crippen LogP) is 5.61. The van der Waals surface area contributed by atoms with E-state index in [2.05, 4.69) is 18.2 Å². The molecule has 1 aliphatic rings. The molecule has 31 heavy (non-hydrogen) atoms. The van der Waals surface area contributed by atoms with Crippen molar-refractivity contribution in [1.82, 2.24) is 9.88 Å². The van der Waals surface area contributed by atoms with Gasteiger partial charge >= 0.3 is 0 Å². The molecule has 3 aromatic carbocycles. The summed E-state index contributed by atoms with van der Waals surface area (Å²) in [6.07, 6.45) is 2.61. The van der Waals surface area contributed by atoms with Crippen LogP contribution in [-0.2, 0) is 24.4 Å². The van der Waals surface area contributed by atoms with E-state index in [0.29, 0.717) is 25.6 Å². The SMILES string of the molecule is O=C(Cc1ccccc1)N(Cc1csc(COc2cccc3ccccc23)n1)C1CC1. The van der Waals surface area contributed by atoms with Gasteiger partial charge < -0.3 is 9.64 Å². The molecule has 0 radical (unpaired) electrons. The number of aromatic nitrogens is 1. The van der Waals surface area contributed by atoms with E-state index >= 15 is 0 Å². The Bertz CT molecular complexity index is 1180. The fourth-order valence-corrected chi connectivity index (χ4v) is 4.50. The lowest BCUT2D eigenvalue weighted by atomic mass is 10.1. The Morgan fingerprint density at radius 2 is 1.77 bits per heavy atom. The van der Waals surface area contributed by atoms with Crippen LogP contribution in [0.1, 0.15) is 29.1 Å². The van der Waals surface area contributed by atoms with Gasteiger partial charge in [-0.3, -0.25) is 4.79 Å². The largest absolute Gasteiger partial charge is 0.486 e. The first-order chi connectivity index (χ1) is 15.3. The van der Waals surface area contributed by atoms with Crippen LogP contribution >= 0.6 is 11.3 Å². The second kappa shape index (κ2) is 8.90. The van der Waals surface area contributed by atoms with Gasteiger partial charge in [-0.1, -0.05) is 66.7 Å². The lowest BCUT2D eigenvalue weighted by Crippen LogP contribution is -2.33. The van der Waals surface area contributed by atoms with Crippen molar-refractivity contribution in [2.75, 3.05) is 0 Å². The Morgan fingerprint density at radius 1 is 1.00 bits per heavy atom. The summed E-state index contributed by atoms with van der Waals surface area (Å²) in [7, 11) is 0. The lowest BCUT2D eigenvalue weighted by molar-refractivity contribution is -0.131. The Balaban J connectivity index is 1.24. The Kier molecular flexibility index (Phi) is 5.67. The lowest BCUT2D eigenvalue weighted by Gasteiger charge is -2.21. The van der Waals surface area contributed by atoms with Gasteiger partial charge in [0, 0.05) is 16.8 Å². The highest BCUT2D eigenvalue weighted by molar-refractivity contribution is 7.09. The van der Waals surface area contributed by atoms with Gasteiger partial charge in [-0.25, -0.2) is 4.98 Å². The molecule has 1 amide bonds. The van der Waals surface area contributed by atoms with Gasteiger partial charge in [0.2, 0.25) is 5.91 Å². The highest BCUT2D eigenvalue weighted by atomic mass is 32.1. The van der Waals surface area contributed by atoms with E-state index in [1.807, 2.05) is 64.9 Å². The van der Waals surface area contributed by atoms with Gasteiger partial charge in [-0.05, 0) is 29.9 Å². The molecule has 0 aliphatic heterocycles. The molecule has 5 heteroatoms. The molecule has 0 saturated heterocycles. The van der Waals surface area contributed by atoms with Crippen LogP contribution in [0.3, 0.4) is 0 Å². The van der Waals surface area contributed by atoms with Crippen molar-refractivity contribution in [2.24, 2.45) is 0 Å². The third-order valence-corrected chi connectivity index (χ3v) is 6.41. The summed E-state index contributed by atoms with van der Waals surface area (Å²) in [4.78, 5) is 19.7. The van der Waals surface area contributed by atoms with Gasteiger partial charge in [0.15, 0.2) is 0 Å². The number of hydrogen-bond donors (Lipinski definition) is 0. The highest BCUT2D eigenvalue weighted by Gasteiger charge is 2.32. The number of carbonyl (C=O) groups is 1. The van der Waals surface area contributed by atoms with Crippen LogP contribution in [0.5, 0.6) is 5.75 Å². The number of carbonyl (C=O) groups excluding carboxylic acids is 1. The molecule has 4 nitrogen and oxygen atoms in total. The van der Waals surface area contributed by atoms with Crippen LogP contribution in [0, 0.1) is 0 Å². The maximum absolute atomic E-state index is 12.9. The Labute approximate surface area is 186 Å². The molecule has 1 aliphatic carbocycles. The van der Waals surface area contributed by atoms with Crippen LogP contribution in [-0.4, -0.2) is 21.8 Å². The van der Waals surface area contributed by atoms with Gasteiger partial charge in [-0.2, -0.15) is 0 Å². The first-order valence-corrected chi connectivity index (χ1v) is 11.5. The van der Waals surface area contributed by atoms with E-state index in [-0.39, 0.29) is 5.91 Å². The van der Waals surface area contributed by atoms with Crippen LogP contribution in [0.25, 0.3) is 10.8 Å². The second-order valence-electron chi connectivity index (χ2n) is 7.91. The maximum atomic E-state index is 12.9. The van der Waals surface area contributed by atoms with Crippen molar-refractivity contribution < 1.29 is 9.53 Å². The fourth-order valence-electron chi connectivity index (χ4n) is 3.80. The van der Waals surface area contributed by atoms with Crippen molar-refractivity contribution in [3.63, 3.8) is 0 Å². The maximum Gasteiger partial charge on any atom is 0.227 e. The molecule has 1 saturated carbocycles. The van der Waals surface area contributed by atoms with Crippen molar-refractivity contribution in [2.45, 2.75) is 38.5 Å². The van der Waals surface area contributed by atoms with E-state index in [1.54, 1.807) is 11.3 Å². The average Bonchev–Trinajstić information content (AvgIpc) is 3.55. The zero-order valence-corrected chi connectivity index (χ0v) is 18.1. The number of amides is 1. The van der Waals surface area contributed by atoms with Gasteiger partial charge in [-0.15, -0.1) is 11.3 Å². The first kappa shape index (κ1) is 19.8. The van der Waals surface area contributed by atoms with E-state index in [4.69, 9.17) is 9.72 Å². The second-order valence-corrected chi connectivity index (χ2v) is 8.86. The summed E-state index contributed by atoms with van der Waals surface area (Å²) in [5.74, 6) is 1.04. The normalized spacial score (nSPS) is 13.3. The molecular formula is C26H24N2O2S. The average molecular weight is 429 g/mol. The number of nitrogens with zero attached hydrogens (tertiary/aromatic N) is 2. The molecule has 1 heterocycles. The summed E-state index contributed by atoms with van der Waals surface area (Å²) in [6.45, 7) is 1.00. The summed E-state index contributed by atoms with van der Waals surface area (Å²) < 4.78 is 6.08. The van der Waals surface area contributed by atoms with Crippen molar-refractivity contribution in [3.8, 4) is 5.75 Å². The number of rotatable bonds is 8. The van der Waals surface area contributed by atoms with E-state index in [9.17, 15) is 4.79 Å². The first-order valence-electron chi connectivity index (χ1n) is 10.6. The topological polar surface area (TPSA) is 42.4 Å². The minimum Gasteiger partial charge on any atom is -0.486 e. The predicted molar refractivity (Wildman–Crippen MR) is 124 cm³/mol. The Morgan fingerprint density at radius 3 is 2.61 bits per heavy atom. The third-order valence-electron chi connectivity index (χ3n) is 5.54. The minimum atomic E-state index is 0.176. The third kappa shape index (κ3) is 4.78. The quantitative estimate of drug-likeness (QED) is 0.366. The molecule has 0 bridgehead atoms. The van der Waals surface area contributed by atoms with Gasteiger partial charge in [0.1, 0.15) is 17.4 Å². The summed E-state index contributed by atoms with van der Waals surface area (Å²) in [6, 6.07) is 24.6. The minimum absolute atomic E-state index is 0.176. The molecule has 4 aromatic rings. The standard InChI is InChI=1S/C26H24N2O2S/c29-26(15-19-7-2-1-3-8-19)28(22-13-14-22)16-21-18-31-25(27-21)17-30-24-12-6-10-20-9-4-5-11-23(20)24/h1-12,18,22H,13-17H2. The van der Waals surface area contributed by atoms with E-state index in [1.165, 1.54) is 0 Å². The number of thiazole rings is 1. The van der Waals surface area contributed by atoms with E-state index < -0.39 is 0 Å². The number of benzene rings is 3. The van der Waals surface area contributed by atoms with Crippen LogP contribution in [0.2, 0.25) is 0 Å². The monoisotopic (exact) mass is 428 g/mol. The molecule has 0 atom stereocenters. The van der Waals surface area contributed by atoms with Gasteiger partial charge in [0.25, 0.3) is 0 Å². The van der Waals surface area contributed by atoms with Crippen LogP contribution < -0.4 is 4.74 Å². The molecule has 5 rings (SSSR count).